The first-order valence-electron chi connectivity index (χ1n) is 6.96. The Morgan fingerprint density at radius 1 is 1.20 bits per heavy atom. The fraction of sp³-hybridized carbons (Fsp3) is 0.615. The first kappa shape index (κ1) is 13.1. The van der Waals surface area contributed by atoms with Crippen LogP contribution in [0.4, 0.5) is 11.8 Å². The van der Waals surface area contributed by atoms with Gasteiger partial charge in [-0.3, -0.25) is 0 Å². The Bertz CT molecular complexity index is 498. The molecule has 7 heteroatoms. The molecule has 7 nitrogen and oxygen atoms in total. The van der Waals surface area contributed by atoms with Crippen LogP contribution in [0.3, 0.4) is 0 Å². The van der Waals surface area contributed by atoms with E-state index in [1.54, 1.807) is 6.07 Å². The van der Waals surface area contributed by atoms with Gasteiger partial charge in [0.25, 0.3) is 0 Å². The zero-order valence-corrected chi connectivity index (χ0v) is 11.6. The number of methoxy groups -OCH3 is 1. The van der Waals surface area contributed by atoms with E-state index >= 15 is 0 Å². The molecule has 0 aromatic carbocycles. The summed E-state index contributed by atoms with van der Waals surface area (Å²) in [5.74, 6) is 1.03. The van der Waals surface area contributed by atoms with E-state index in [-0.39, 0.29) is 0 Å². The molecule has 3 heterocycles. The van der Waals surface area contributed by atoms with Gasteiger partial charge in [0.15, 0.2) is 5.69 Å². The van der Waals surface area contributed by atoms with Crippen molar-refractivity contribution in [1.82, 2.24) is 15.3 Å². The van der Waals surface area contributed by atoms with Gasteiger partial charge < -0.3 is 19.9 Å². The van der Waals surface area contributed by atoms with Crippen molar-refractivity contribution >= 4 is 17.7 Å². The summed E-state index contributed by atoms with van der Waals surface area (Å²) in [5, 5.41) is 3.31. The number of esters is 1. The highest BCUT2D eigenvalue weighted by Crippen LogP contribution is 2.21. The van der Waals surface area contributed by atoms with Crippen molar-refractivity contribution in [3.05, 3.63) is 11.8 Å². The molecular weight excluding hydrogens is 258 g/mol. The molecule has 0 unspecified atom stereocenters. The van der Waals surface area contributed by atoms with Crippen LogP contribution in [0.25, 0.3) is 0 Å². The number of hydrogen-bond donors (Lipinski definition) is 1. The number of nitrogens with one attached hydrogen (secondary N) is 1. The van der Waals surface area contributed by atoms with Crippen molar-refractivity contribution in [3.63, 3.8) is 0 Å². The first-order valence-corrected chi connectivity index (χ1v) is 6.96. The van der Waals surface area contributed by atoms with Crippen LogP contribution < -0.4 is 15.1 Å². The van der Waals surface area contributed by atoms with Gasteiger partial charge in [-0.05, 0) is 6.42 Å². The van der Waals surface area contributed by atoms with E-state index in [4.69, 9.17) is 4.74 Å². The van der Waals surface area contributed by atoms with Crippen LogP contribution in [0.5, 0.6) is 0 Å². The van der Waals surface area contributed by atoms with Crippen molar-refractivity contribution in [1.29, 1.82) is 0 Å². The number of rotatable bonds is 3. The number of carbonyl (C=O) groups excluding carboxylic acids is 1. The summed E-state index contributed by atoms with van der Waals surface area (Å²) in [6.07, 6.45) is 1.15. The third-order valence-corrected chi connectivity index (χ3v) is 3.68. The number of ether oxygens (including phenoxy) is 1. The lowest BCUT2D eigenvalue weighted by Crippen LogP contribution is -2.44. The van der Waals surface area contributed by atoms with Crippen LogP contribution in [0.15, 0.2) is 6.07 Å². The normalized spacial score (nSPS) is 18.6. The number of aromatic nitrogens is 2. The second kappa shape index (κ2) is 5.62. The van der Waals surface area contributed by atoms with Crippen LogP contribution in [-0.4, -0.2) is 62.3 Å². The van der Waals surface area contributed by atoms with Crippen molar-refractivity contribution in [3.8, 4) is 0 Å². The van der Waals surface area contributed by atoms with Gasteiger partial charge in [-0.2, -0.15) is 4.98 Å². The molecule has 0 saturated carbocycles. The zero-order valence-electron chi connectivity index (χ0n) is 11.6. The molecule has 2 saturated heterocycles. The van der Waals surface area contributed by atoms with E-state index in [1.807, 2.05) is 0 Å². The van der Waals surface area contributed by atoms with Gasteiger partial charge in [-0.1, -0.05) is 0 Å². The molecule has 0 atom stereocenters. The van der Waals surface area contributed by atoms with E-state index in [2.05, 4.69) is 25.1 Å². The monoisotopic (exact) mass is 277 g/mol. The Balaban J connectivity index is 1.92. The smallest absolute Gasteiger partial charge is 0.356 e. The summed E-state index contributed by atoms with van der Waals surface area (Å²) >= 11 is 0. The minimum Gasteiger partial charge on any atom is -0.464 e. The molecule has 0 aliphatic carbocycles. The summed E-state index contributed by atoms with van der Waals surface area (Å²) in [6, 6.07) is 1.72. The van der Waals surface area contributed by atoms with Crippen LogP contribution in [-0.2, 0) is 4.74 Å². The molecule has 0 spiro atoms. The number of carbonyl (C=O) groups is 1. The summed E-state index contributed by atoms with van der Waals surface area (Å²) in [7, 11) is 1.37. The van der Waals surface area contributed by atoms with Gasteiger partial charge in [-0.25, -0.2) is 9.78 Å². The van der Waals surface area contributed by atoms with Crippen molar-refractivity contribution in [2.24, 2.45) is 0 Å². The number of anilines is 2. The van der Waals surface area contributed by atoms with Gasteiger partial charge in [-0.15, -0.1) is 0 Å². The highest BCUT2D eigenvalue weighted by molar-refractivity contribution is 5.88. The van der Waals surface area contributed by atoms with E-state index in [1.165, 1.54) is 7.11 Å². The van der Waals surface area contributed by atoms with Gasteiger partial charge in [0.05, 0.1) is 7.11 Å². The highest BCUT2D eigenvalue weighted by atomic mass is 16.5. The molecule has 1 aromatic heterocycles. The Morgan fingerprint density at radius 3 is 2.55 bits per heavy atom. The molecule has 20 heavy (non-hydrogen) atoms. The number of hydrogen-bond acceptors (Lipinski definition) is 7. The maximum Gasteiger partial charge on any atom is 0.356 e. The minimum absolute atomic E-state index is 0.331. The van der Waals surface area contributed by atoms with Crippen molar-refractivity contribution in [2.75, 3.05) is 56.2 Å². The largest absolute Gasteiger partial charge is 0.464 e. The molecule has 108 valence electrons. The van der Waals surface area contributed by atoms with E-state index in [9.17, 15) is 4.79 Å². The zero-order chi connectivity index (χ0) is 13.9. The van der Waals surface area contributed by atoms with Gasteiger partial charge in [0.1, 0.15) is 5.82 Å². The maximum atomic E-state index is 11.8. The average Bonchev–Trinajstić information content (AvgIpc) is 2.45. The Kier molecular flexibility index (Phi) is 3.68. The van der Waals surface area contributed by atoms with Gasteiger partial charge in [0.2, 0.25) is 5.95 Å². The third kappa shape index (κ3) is 2.53. The lowest BCUT2D eigenvalue weighted by atomic mass is 10.2. The molecule has 0 amide bonds. The average molecular weight is 277 g/mol. The Hall–Kier alpha value is -1.89. The highest BCUT2D eigenvalue weighted by Gasteiger charge is 2.23. The van der Waals surface area contributed by atoms with Crippen molar-refractivity contribution in [2.45, 2.75) is 6.42 Å². The summed E-state index contributed by atoms with van der Waals surface area (Å²) < 4.78 is 4.79. The molecule has 0 radical (unpaired) electrons. The molecule has 1 aromatic rings. The maximum absolute atomic E-state index is 11.8. The summed E-state index contributed by atoms with van der Waals surface area (Å²) in [5.41, 5.74) is 0.331. The number of piperazine rings is 1. The molecule has 2 aliphatic heterocycles. The molecular formula is C13H19N5O2. The first-order chi connectivity index (χ1) is 9.78. The van der Waals surface area contributed by atoms with E-state index in [0.29, 0.717) is 11.6 Å². The second-order valence-electron chi connectivity index (χ2n) is 4.98. The SMILES string of the molecule is COC(=O)c1cc(N2CCNCC2)nc(N2CCC2)n1. The molecule has 2 aliphatic rings. The fourth-order valence-corrected chi connectivity index (χ4v) is 2.34. The molecule has 1 N–H and O–H groups in total. The fourth-order valence-electron chi connectivity index (χ4n) is 2.34. The van der Waals surface area contributed by atoms with Crippen LogP contribution in [0, 0.1) is 0 Å². The molecule has 3 rings (SSSR count). The Labute approximate surface area is 117 Å². The van der Waals surface area contributed by atoms with Crippen LogP contribution in [0.2, 0.25) is 0 Å². The predicted molar refractivity (Wildman–Crippen MR) is 75.3 cm³/mol. The quantitative estimate of drug-likeness (QED) is 0.772. The third-order valence-electron chi connectivity index (χ3n) is 3.68. The minimum atomic E-state index is -0.412. The summed E-state index contributed by atoms with van der Waals surface area (Å²) in [6.45, 7) is 5.53. The standard InChI is InChI=1S/C13H19N5O2/c1-20-12(19)10-9-11(17-7-3-14-4-8-17)16-13(15-10)18-5-2-6-18/h9,14H,2-8H2,1H3. The van der Waals surface area contributed by atoms with E-state index in [0.717, 1.165) is 51.5 Å². The lowest BCUT2D eigenvalue weighted by molar-refractivity contribution is 0.0594. The molecule has 2 fully saturated rings. The van der Waals surface area contributed by atoms with E-state index < -0.39 is 5.97 Å². The lowest BCUT2D eigenvalue weighted by Gasteiger charge is -2.33. The topological polar surface area (TPSA) is 70.6 Å². The second-order valence-corrected chi connectivity index (χ2v) is 4.98. The van der Waals surface area contributed by atoms with Gasteiger partial charge in [0, 0.05) is 45.3 Å². The summed E-state index contributed by atoms with van der Waals surface area (Å²) in [4.78, 5) is 24.9. The van der Waals surface area contributed by atoms with Crippen molar-refractivity contribution < 1.29 is 9.53 Å². The van der Waals surface area contributed by atoms with Gasteiger partial charge >= 0.3 is 5.97 Å². The van der Waals surface area contributed by atoms with Crippen LogP contribution in [0.1, 0.15) is 16.9 Å². The molecule has 0 bridgehead atoms. The van der Waals surface area contributed by atoms with Crippen LogP contribution >= 0.6 is 0 Å². The number of nitrogens with zero attached hydrogens (tertiary/aromatic N) is 4. The Morgan fingerprint density at radius 2 is 1.95 bits per heavy atom. The predicted octanol–water partition coefficient (Wildman–Crippen LogP) is -0.117.